The summed E-state index contributed by atoms with van der Waals surface area (Å²) in [6.07, 6.45) is 1.41. The third-order valence-corrected chi connectivity index (χ3v) is 3.24. The van der Waals surface area contributed by atoms with Crippen molar-refractivity contribution >= 4 is 23.7 Å². The van der Waals surface area contributed by atoms with E-state index in [1.54, 1.807) is 36.4 Å². The quantitative estimate of drug-likeness (QED) is 0.651. The number of benzene rings is 2. The van der Waals surface area contributed by atoms with E-state index in [4.69, 9.17) is 21.1 Å². The average Bonchev–Trinajstić information content (AvgIpc) is 2.56. The third-order valence-electron chi connectivity index (χ3n) is 2.99. The lowest BCUT2D eigenvalue weighted by Gasteiger charge is -2.09. The van der Waals surface area contributed by atoms with Crippen molar-refractivity contribution in [1.82, 2.24) is 5.43 Å². The number of carbonyl (C=O) groups excluding carboxylic acids is 1. The maximum atomic E-state index is 11.9. The van der Waals surface area contributed by atoms with Gasteiger partial charge in [-0.3, -0.25) is 4.79 Å². The van der Waals surface area contributed by atoms with Crippen LogP contribution >= 0.6 is 11.6 Å². The SMILES string of the molecule is COc1cc(C=NNC(=O)c2ccc(Cl)cc2)cc(OC)c1O. The summed E-state index contributed by atoms with van der Waals surface area (Å²) < 4.78 is 10.1. The van der Waals surface area contributed by atoms with E-state index in [9.17, 15) is 9.90 Å². The van der Waals surface area contributed by atoms with Crippen molar-refractivity contribution in [3.8, 4) is 17.2 Å². The molecule has 0 aromatic heterocycles. The van der Waals surface area contributed by atoms with E-state index in [2.05, 4.69) is 10.5 Å². The minimum Gasteiger partial charge on any atom is -0.502 e. The number of hydrazone groups is 1. The highest BCUT2D eigenvalue weighted by atomic mass is 35.5. The smallest absolute Gasteiger partial charge is 0.271 e. The molecule has 6 nitrogen and oxygen atoms in total. The predicted molar refractivity (Wildman–Crippen MR) is 87.7 cm³/mol. The van der Waals surface area contributed by atoms with Gasteiger partial charge in [-0.1, -0.05) is 11.6 Å². The molecule has 23 heavy (non-hydrogen) atoms. The molecule has 0 atom stereocenters. The van der Waals surface area contributed by atoms with Crippen LogP contribution in [0.2, 0.25) is 5.02 Å². The van der Waals surface area contributed by atoms with Crippen LogP contribution in [-0.4, -0.2) is 31.4 Å². The number of nitrogens with one attached hydrogen (secondary N) is 1. The number of hydrogen-bond acceptors (Lipinski definition) is 5. The number of phenols is 1. The molecule has 0 saturated carbocycles. The van der Waals surface area contributed by atoms with Crippen LogP contribution in [0.4, 0.5) is 0 Å². The summed E-state index contributed by atoms with van der Waals surface area (Å²) in [5.41, 5.74) is 3.43. The zero-order chi connectivity index (χ0) is 16.8. The maximum absolute atomic E-state index is 11.9. The Kier molecular flexibility index (Phi) is 5.43. The summed E-state index contributed by atoms with van der Waals surface area (Å²) in [6.45, 7) is 0. The van der Waals surface area contributed by atoms with Crippen LogP contribution in [-0.2, 0) is 0 Å². The van der Waals surface area contributed by atoms with Crippen molar-refractivity contribution in [2.45, 2.75) is 0 Å². The van der Waals surface area contributed by atoms with Crippen molar-refractivity contribution in [3.63, 3.8) is 0 Å². The molecule has 0 heterocycles. The number of methoxy groups -OCH3 is 2. The Labute approximate surface area is 138 Å². The first-order valence-corrected chi connectivity index (χ1v) is 6.97. The summed E-state index contributed by atoms with van der Waals surface area (Å²) in [4.78, 5) is 11.9. The molecule has 0 unspecified atom stereocenters. The first-order chi connectivity index (χ1) is 11.0. The van der Waals surface area contributed by atoms with Gasteiger partial charge in [0, 0.05) is 16.1 Å². The summed E-state index contributed by atoms with van der Waals surface area (Å²) in [7, 11) is 2.86. The van der Waals surface area contributed by atoms with Crippen molar-refractivity contribution in [1.29, 1.82) is 0 Å². The van der Waals surface area contributed by atoms with E-state index in [1.807, 2.05) is 0 Å². The minimum atomic E-state index is -0.365. The molecular weight excluding hydrogens is 320 g/mol. The predicted octanol–water partition coefficient (Wildman–Crippen LogP) is 2.83. The van der Waals surface area contributed by atoms with Crippen molar-refractivity contribution in [2.75, 3.05) is 14.2 Å². The second-order valence-electron chi connectivity index (χ2n) is 4.48. The molecule has 0 saturated heterocycles. The third kappa shape index (κ3) is 4.14. The number of aromatic hydroxyl groups is 1. The molecule has 2 N–H and O–H groups in total. The zero-order valence-corrected chi connectivity index (χ0v) is 13.3. The molecule has 0 aliphatic carbocycles. The number of hydrogen-bond donors (Lipinski definition) is 2. The van der Waals surface area contributed by atoms with Crippen LogP contribution in [0.25, 0.3) is 0 Å². The van der Waals surface area contributed by atoms with Gasteiger partial charge in [-0.25, -0.2) is 5.43 Å². The van der Waals surface area contributed by atoms with E-state index in [0.717, 1.165) is 0 Å². The van der Waals surface area contributed by atoms with Crippen LogP contribution in [0.5, 0.6) is 17.2 Å². The summed E-state index contributed by atoms with van der Waals surface area (Å²) >= 11 is 5.77. The van der Waals surface area contributed by atoms with Gasteiger partial charge in [0.05, 0.1) is 20.4 Å². The van der Waals surface area contributed by atoms with Crippen LogP contribution in [0.1, 0.15) is 15.9 Å². The van der Waals surface area contributed by atoms with Crippen LogP contribution in [0, 0.1) is 0 Å². The van der Waals surface area contributed by atoms with Gasteiger partial charge in [0.1, 0.15) is 0 Å². The first-order valence-electron chi connectivity index (χ1n) is 6.59. The summed E-state index contributed by atoms with van der Waals surface area (Å²) in [6, 6.07) is 9.57. The second kappa shape index (κ2) is 7.51. The standard InChI is InChI=1S/C16H15ClN2O4/c1-22-13-7-10(8-14(23-2)15(13)20)9-18-19-16(21)11-3-5-12(17)6-4-11/h3-9,20H,1-2H3,(H,19,21). The van der Waals surface area contributed by atoms with E-state index in [-0.39, 0.29) is 23.2 Å². The Balaban J connectivity index is 2.11. The van der Waals surface area contributed by atoms with Gasteiger partial charge in [-0.15, -0.1) is 0 Å². The largest absolute Gasteiger partial charge is 0.502 e. The van der Waals surface area contributed by atoms with E-state index in [1.165, 1.54) is 20.4 Å². The van der Waals surface area contributed by atoms with Gasteiger partial charge in [0.15, 0.2) is 11.5 Å². The van der Waals surface area contributed by atoms with Crippen LogP contribution < -0.4 is 14.9 Å². The molecule has 2 rings (SSSR count). The minimum absolute atomic E-state index is 0.0997. The summed E-state index contributed by atoms with van der Waals surface area (Å²) in [5.74, 6) is 0.0256. The molecule has 0 aliphatic heterocycles. The molecule has 120 valence electrons. The van der Waals surface area contributed by atoms with Gasteiger partial charge in [0.25, 0.3) is 5.91 Å². The van der Waals surface area contributed by atoms with Gasteiger partial charge in [-0.05, 0) is 36.4 Å². The highest BCUT2D eigenvalue weighted by Gasteiger charge is 2.10. The monoisotopic (exact) mass is 334 g/mol. The highest BCUT2D eigenvalue weighted by Crippen LogP contribution is 2.36. The Morgan fingerprint density at radius 2 is 1.74 bits per heavy atom. The number of ether oxygens (including phenoxy) is 2. The molecular formula is C16H15ClN2O4. The van der Waals surface area contributed by atoms with Gasteiger partial charge >= 0.3 is 0 Å². The van der Waals surface area contributed by atoms with E-state index in [0.29, 0.717) is 16.1 Å². The number of carbonyl (C=O) groups is 1. The normalized spacial score (nSPS) is 10.6. The van der Waals surface area contributed by atoms with Gasteiger partial charge in [-0.2, -0.15) is 5.10 Å². The lowest BCUT2D eigenvalue weighted by molar-refractivity contribution is 0.0955. The molecule has 0 radical (unpaired) electrons. The van der Waals surface area contributed by atoms with Crippen molar-refractivity contribution in [2.24, 2.45) is 5.10 Å². The van der Waals surface area contributed by atoms with Gasteiger partial charge < -0.3 is 14.6 Å². The van der Waals surface area contributed by atoms with Crippen LogP contribution in [0.3, 0.4) is 0 Å². The molecule has 0 aliphatic rings. The topological polar surface area (TPSA) is 80.2 Å². The molecule has 0 bridgehead atoms. The van der Waals surface area contributed by atoms with Crippen molar-refractivity contribution < 1.29 is 19.4 Å². The molecule has 7 heteroatoms. The van der Waals surface area contributed by atoms with E-state index < -0.39 is 0 Å². The van der Waals surface area contributed by atoms with E-state index >= 15 is 0 Å². The molecule has 0 fully saturated rings. The first kappa shape index (κ1) is 16.6. The maximum Gasteiger partial charge on any atom is 0.271 e. The Morgan fingerprint density at radius 1 is 1.17 bits per heavy atom. The van der Waals surface area contributed by atoms with Gasteiger partial charge in [0.2, 0.25) is 5.75 Å². The fraction of sp³-hybridized carbons (Fsp3) is 0.125. The Hall–Kier alpha value is -2.73. The Bertz CT molecular complexity index is 704. The fourth-order valence-corrected chi connectivity index (χ4v) is 1.95. The zero-order valence-electron chi connectivity index (χ0n) is 12.5. The Morgan fingerprint density at radius 3 is 2.26 bits per heavy atom. The average molecular weight is 335 g/mol. The lowest BCUT2D eigenvalue weighted by Crippen LogP contribution is -2.17. The molecule has 0 spiro atoms. The van der Waals surface area contributed by atoms with Crippen molar-refractivity contribution in [3.05, 3.63) is 52.5 Å². The molecule has 2 aromatic rings. The van der Waals surface area contributed by atoms with Crippen LogP contribution in [0.15, 0.2) is 41.5 Å². The number of nitrogens with zero attached hydrogens (tertiary/aromatic N) is 1. The lowest BCUT2D eigenvalue weighted by atomic mass is 10.2. The number of rotatable bonds is 5. The molecule has 1 amide bonds. The number of phenolic OH excluding ortho intramolecular Hbond substituents is 1. The highest BCUT2D eigenvalue weighted by molar-refractivity contribution is 6.30. The number of halogens is 1. The second-order valence-corrected chi connectivity index (χ2v) is 4.92. The number of amides is 1. The summed E-state index contributed by atoms with van der Waals surface area (Å²) in [5, 5.41) is 14.2. The fourth-order valence-electron chi connectivity index (χ4n) is 1.82. The molecule has 2 aromatic carbocycles.